The largest absolute Gasteiger partial charge is 0.497 e. The maximum absolute atomic E-state index is 13.1. The number of thioether (sulfide) groups is 1. The molecule has 1 aromatic heterocycles. The Labute approximate surface area is 215 Å². The third kappa shape index (κ3) is 5.54. The topological polar surface area (TPSA) is 63.5 Å². The van der Waals surface area contributed by atoms with Gasteiger partial charge < -0.3 is 14.5 Å². The maximum atomic E-state index is 13.1. The summed E-state index contributed by atoms with van der Waals surface area (Å²) in [6, 6.07) is 28.4. The molecule has 0 radical (unpaired) electrons. The summed E-state index contributed by atoms with van der Waals surface area (Å²) in [4.78, 5) is 17.3. The molecule has 1 amide bonds. The summed E-state index contributed by atoms with van der Waals surface area (Å²) < 4.78 is 7.31. The molecule has 0 aliphatic carbocycles. The number of carbonyl (C=O) groups is 1. The zero-order valence-corrected chi connectivity index (χ0v) is 21.1. The van der Waals surface area contributed by atoms with Crippen LogP contribution in [0.2, 0.25) is 0 Å². The van der Waals surface area contributed by atoms with E-state index in [2.05, 4.69) is 43.9 Å². The molecule has 0 saturated carbocycles. The highest BCUT2D eigenvalue weighted by molar-refractivity contribution is 7.99. The number of hydrogen-bond acceptors (Lipinski definition) is 6. The van der Waals surface area contributed by atoms with Crippen LogP contribution >= 0.6 is 11.8 Å². The van der Waals surface area contributed by atoms with Crippen molar-refractivity contribution in [3.05, 3.63) is 96.3 Å². The van der Waals surface area contributed by atoms with E-state index in [1.54, 1.807) is 7.11 Å². The van der Waals surface area contributed by atoms with Crippen LogP contribution in [0.25, 0.3) is 5.69 Å². The summed E-state index contributed by atoms with van der Waals surface area (Å²) in [6.07, 6.45) is 0.671. The lowest BCUT2D eigenvalue weighted by molar-refractivity contribution is -0.128. The first-order chi connectivity index (χ1) is 17.7. The summed E-state index contributed by atoms with van der Waals surface area (Å²) in [5.74, 6) is 2.16. The molecule has 2 heterocycles. The van der Waals surface area contributed by atoms with Crippen LogP contribution in [0.1, 0.15) is 11.4 Å². The standard InChI is InChI=1S/C28H29N5O2S/c1-35-25-14-12-23(13-15-25)31-16-18-32(19-17-31)27(34)21-36-28-30-29-26(20-22-8-4-2-5-9-22)33(28)24-10-6-3-7-11-24/h2-15H,16-21H2,1H3. The molecule has 0 spiro atoms. The number of nitrogens with zero attached hydrogens (tertiary/aromatic N) is 5. The van der Waals surface area contributed by atoms with E-state index in [1.807, 2.05) is 65.6 Å². The minimum absolute atomic E-state index is 0.126. The van der Waals surface area contributed by atoms with Crippen molar-refractivity contribution in [1.29, 1.82) is 0 Å². The van der Waals surface area contributed by atoms with Gasteiger partial charge in [-0.25, -0.2) is 0 Å². The van der Waals surface area contributed by atoms with Gasteiger partial charge in [-0.2, -0.15) is 0 Å². The Morgan fingerprint density at radius 1 is 0.833 bits per heavy atom. The molecule has 0 unspecified atom stereocenters. The molecule has 5 rings (SSSR count). The minimum atomic E-state index is 0.126. The number of benzene rings is 3. The highest BCUT2D eigenvalue weighted by Gasteiger charge is 2.23. The van der Waals surface area contributed by atoms with Gasteiger partial charge in [0.15, 0.2) is 5.16 Å². The van der Waals surface area contributed by atoms with Crippen molar-refractivity contribution in [2.24, 2.45) is 0 Å². The van der Waals surface area contributed by atoms with Gasteiger partial charge in [-0.15, -0.1) is 10.2 Å². The first-order valence-electron chi connectivity index (χ1n) is 12.0. The Kier molecular flexibility index (Phi) is 7.52. The van der Waals surface area contributed by atoms with Crippen molar-refractivity contribution in [2.75, 3.05) is 43.9 Å². The van der Waals surface area contributed by atoms with Crippen LogP contribution in [-0.2, 0) is 11.2 Å². The lowest BCUT2D eigenvalue weighted by Crippen LogP contribution is -2.49. The average molecular weight is 500 g/mol. The number of para-hydroxylation sites is 1. The Morgan fingerprint density at radius 2 is 1.50 bits per heavy atom. The van der Waals surface area contributed by atoms with Gasteiger partial charge in [0.05, 0.1) is 12.9 Å². The molecular weight excluding hydrogens is 470 g/mol. The van der Waals surface area contributed by atoms with E-state index in [1.165, 1.54) is 17.3 Å². The Bertz CT molecular complexity index is 1270. The molecule has 8 heteroatoms. The molecule has 7 nitrogen and oxygen atoms in total. The van der Waals surface area contributed by atoms with Crippen LogP contribution < -0.4 is 9.64 Å². The summed E-state index contributed by atoms with van der Waals surface area (Å²) in [7, 11) is 1.67. The first-order valence-corrected chi connectivity index (χ1v) is 13.0. The summed E-state index contributed by atoms with van der Waals surface area (Å²) >= 11 is 1.45. The molecule has 184 valence electrons. The number of aromatic nitrogens is 3. The smallest absolute Gasteiger partial charge is 0.233 e. The van der Waals surface area contributed by atoms with Crippen molar-refractivity contribution in [3.63, 3.8) is 0 Å². The number of anilines is 1. The summed E-state index contributed by atoms with van der Waals surface area (Å²) in [6.45, 7) is 3.03. The van der Waals surface area contributed by atoms with Gasteiger partial charge in [-0.1, -0.05) is 60.3 Å². The Morgan fingerprint density at radius 3 is 2.17 bits per heavy atom. The van der Waals surface area contributed by atoms with Gasteiger partial charge in [0.1, 0.15) is 11.6 Å². The van der Waals surface area contributed by atoms with E-state index < -0.39 is 0 Å². The van der Waals surface area contributed by atoms with E-state index in [4.69, 9.17) is 4.74 Å². The van der Waals surface area contributed by atoms with E-state index in [0.717, 1.165) is 41.2 Å². The van der Waals surface area contributed by atoms with Crippen LogP contribution in [0.15, 0.2) is 90.1 Å². The van der Waals surface area contributed by atoms with Crippen molar-refractivity contribution < 1.29 is 9.53 Å². The molecule has 1 aliphatic heterocycles. The van der Waals surface area contributed by atoms with E-state index in [0.29, 0.717) is 25.3 Å². The molecule has 0 bridgehead atoms. The van der Waals surface area contributed by atoms with E-state index in [9.17, 15) is 4.79 Å². The second-order valence-corrected chi connectivity index (χ2v) is 9.53. The monoisotopic (exact) mass is 499 g/mol. The number of ether oxygens (including phenoxy) is 1. The molecule has 1 saturated heterocycles. The fourth-order valence-corrected chi connectivity index (χ4v) is 5.22. The van der Waals surface area contributed by atoms with Crippen molar-refractivity contribution in [3.8, 4) is 11.4 Å². The number of rotatable bonds is 8. The van der Waals surface area contributed by atoms with Gasteiger partial charge in [-0.05, 0) is 42.0 Å². The summed E-state index contributed by atoms with van der Waals surface area (Å²) in [5.41, 5.74) is 3.32. The third-order valence-electron chi connectivity index (χ3n) is 6.31. The van der Waals surface area contributed by atoms with Gasteiger partial charge in [-0.3, -0.25) is 9.36 Å². The highest BCUT2D eigenvalue weighted by Crippen LogP contribution is 2.25. The normalized spacial score (nSPS) is 13.6. The highest BCUT2D eigenvalue weighted by atomic mass is 32.2. The van der Waals surface area contributed by atoms with Crippen LogP contribution in [0.4, 0.5) is 5.69 Å². The van der Waals surface area contributed by atoms with Gasteiger partial charge >= 0.3 is 0 Å². The Hall–Kier alpha value is -3.78. The average Bonchev–Trinajstić information content (AvgIpc) is 3.35. The lowest BCUT2D eigenvalue weighted by Gasteiger charge is -2.36. The first kappa shape index (κ1) is 23.9. The predicted molar refractivity (Wildman–Crippen MR) is 143 cm³/mol. The van der Waals surface area contributed by atoms with Crippen molar-refractivity contribution in [1.82, 2.24) is 19.7 Å². The molecule has 0 atom stereocenters. The predicted octanol–water partition coefficient (Wildman–Crippen LogP) is 4.31. The maximum Gasteiger partial charge on any atom is 0.233 e. The molecule has 4 aromatic rings. The fourth-order valence-electron chi connectivity index (χ4n) is 4.35. The van der Waals surface area contributed by atoms with Crippen LogP contribution in [-0.4, -0.2) is 64.6 Å². The zero-order chi connectivity index (χ0) is 24.7. The molecule has 3 aromatic carbocycles. The Balaban J connectivity index is 1.23. The molecule has 0 N–H and O–H groups in total. The van der Waals surface area contributed by atoms with Gasteiger partial charge in [0, 0.05) is 44.0 Å². The number of piperazine rings is 1. The number of carbonyl (C=O) groups excluding carboxylic acids is 1. The van der Waals surface area contributed by atoms with Crippen molar-refractivity contribution in [2.45, 2.75) is 11.6 Å². The van der Waals surface area contributed by atoms with E-state index in [-0.39, 0.29) is 5.91 Å². The van der Waals surface area contributed by atoms with E-state index >= 15 is 0 Å². The molecular formula is C28H29N5O2S. The van der Waals surface area contributed by atoms with Crippen LogP contribution in [0.3, 0.4) is 0 Å². The second-order valence-electron chi connectivity index (χ2n) is 8.59. The number of amides is 1. The molecule has 1 aliphatic rings. The zero-order valence-electron chi connectivity index (χ0n) is 20.3. The lowest BCUT2D eigenvalue weighted by atomic mass is 10.1. The van der Waals surface area contributed by atoms with Crippen LogP contribution in [0.5, 0.6) is 5.75 Å². The van der Waals surface area contributed by atoms with Gasteiger partial charge in [0.2, 0.25) is 5.91 Å². The number of methoxy groups -OCH3 is 1. The fraction of sp³-hybridized carbons (Fsp3) is 0.250. The molecule has 36 heavy (non-hydrogen) atoms. The van der Waals surface area contributed by atoms with Gasteiger partial charge in [0.25, 0.3) is 0 Å². The molecule has 1 fully saturated rings. The number of hydrogen-bond donors (Lipinski definition) is 0. The minimum Gasteiger partial charge on any atom is -0.497 e. The summed E-state index contributed by atoms with van der Waals surface area (Å²) in [5, 5.41) is 9.68. The third-order valence-corrected chi connectivity index (χ3v) is 7.23. The SMILES string of the molecule is COc1ccc(N2CCN(C(=O)CSc3nnc(Cc4ccccc4)n3-c3ccccc3)CC2)cc1. The second kappa shape index (κ2) is 11.3. The van der Waals surface area contributed by atoms with Crippen LogP contribution in [0, 0.1) is 0 Å². The van der Waals surface area contributed by atoms with Crippen molar-refractivity contribution >= 4 is 23.4 Å². The quantitative estimate of drug-likeness (QED) is 0.337.